The maximum atomic E-state index is 5.69. The fourth-order valence-corrected chi connectivity index (χ4v) is 1.53. The van der Waals surface area contributed by atoms with Gasteiger partial charge in [-0.15, -0.1) is 0 Å². The highest BCUT2D eigenvalue weighted by Crippen LogP contribution is 2.17. The van der Waals surface area contributed by atoms with Crippen molar-refractivity contribution in [2.45, 2.75) is 26.8 Å². The maximum absolute atomic E-state index is 5.69. The Morgan fingerprint density at radius 1 is 1.47 bits per heavy atom. The zero-order valence-corrected chi connectivity index (χ0v) is 11.0. The van der Waals surface area contributed by atoms with Gasteiger partial charge in [0.25, 0.3) is 0 Å². The molecule has 3 N–H and O–H groups in total. The molecule has 1 unspecified atom stereocenters. The molecule has 1 rings (SSSR count). The number of nitrogens with two attached hydrogens (primary N) is 1. The first-order valence-electron chi connectivity index (χ1n) is 5.14. The summed E-state index contributed by atoms with van der Waals surface area (Å²) in [6.07, 6.45) is 0. The summed E-state index contributed by atoms with van der Waals surface area (Å²) in [5.41, 5.74) is 6.68. The van der Waals surface area contributed by atoms with Crippen LogP contribution in [0.15, 0.2) is 16.6 Å². The van der Waals surface area contributed by atoms with E-state index in [0.29, 0.717) is 12.5 Å². The minimum atomic E-state index is 0.276. The molecule has 0 amide bonds. The Morgan fingerprint density at radius 3 is 2.60 bits per heavy atom. The molecule has 0 saturated carbocycles. The van der Waals surface area contributed by atoms with Crippen LogP contribution in [0, 0.1) is 12.8 Å². The predicted molar refractivity (Wildman–Crippen MR) is 68.0 cm³/mol. The van der Waals surface area contributed by atoms with Gasteiger partial charge in [-0.1, -0.05) is 13.8 Å². The molecule has 0 fully saturated rings. The molecule has 0 aliphatic heterocycles. The summed E-state index contributed by atoms with van der Waals surface area (Å²) in [6.45, 7) is 6.89. The first-order chi connectivity index (χ1) is 7.04. The van der Waals surface area contributed by atoms with Crippen molar-refractivity contribution in [1.29, 1.82) is 0 Å². The minimum absolute atomic E-state index is 0.276. The number of anilines is 1. The Morgan fingerprint density at radius 2 is 2.13 bits per heavy atom. The molecule has 84 valence electrons. The third-order valence-corrected chi connectivity index (χ3v) is 3.25. The van der Waals surface area contributed by atoms with Gasteiger partial charge in [0.05, 0.1) is 5.69 Å². The van der Waals surface area contributed by atoms with E-state index in [1.165, 1.54) is 0 Å². The van der Waals surface area contributed by atoms with Crippen LogP contribution in [0.25, 0.3) is 0 Å². The Hall–Kier alpha value is -0.610. The zero-order valence-electron chi connectivity index (χ0n) is 9.42. The fourth-order valence-electron chi connectivity index (χ4n) is 1.31. The van der Waals surface area contributed by atoms with E-state index in [-0.39, 0.29) is 6.04 Å². The summed E-state index contributed by atoms with van der Waals surface area (Å²) in [7, 11) is 0. The number of hydrogen-bond donors (Lipinski definition) is 2. The summed E-state index contributed by atoms with van der Waals surface area (Å²) in [5, 5.41) is 3.34. The van der Waals surface area contributed by atoms with E-state index in [2.05, 4.69) is 40.1 Å². The van der Waals surface area contributed by atoms with Crippen LogP contribution in [0.5, 0.6) is 0 Å². The number of rotatable bonds is 4. The van der Waals surface area contributed by atoms with E-state index < -0.39 is 0 Å². The first-order valence-corrected chi connectivity index (χ1v) is 5.93. The Balaban J connectivity index is 2.75. The lowest BCUT2D eigenvalue weighted by atomic mass is 10.1. The third-order valence-electron chi connectivity index (χ3n) is 2.41. The maximum Gasteiger partial charge on any atom is 0.126 e. The van der Waals surface area contributed by atoms with Crippen molar-refractivity contribution in [3.05, 3.63) is 22.3 Å². The summed E-state index contributed by atoms with van der Waals surface area (Å²) in [5.74, 6) is 1.39. The summed E-state index contributed by atoms with van der Waals surface area (Å²) < 4.78 is 1.03. The van der Waals surface area contributed by atoms with Gasteiger partial charge in [-0.25, -0.2) is 4.98 Å². The van der Waals surface area contributed by atoms with Crippen LogP contribution in [0.4, 0.5) is 5.82 Å². The van der Waals surface area contributed by atoms with Crippen LogP contribution in [0.1, 0.15) is 19.5 Å². The average molecular weight is 272 g/mol. The van der Waals surface area contributed by atoms with E-state index >= 15 is 0 Å². The van der Waals surface area contributed by atoms with Crippen molar-refractivity contribution < 1.29 is 0 Å². The van der Waals surface area contributed by atoms with E-state index in [0.717, 1.165) is 16.0 Å². The number of pyridine rings is 1. The number of hydrogen-bond acceptors (Lipinski definition) is 3. The van der Waals surface area contributed by atoms with Gasteiger partial charge in [0, 0.05) is 17.1 Å². The molecule has 0 aromatic carbocycles. The Bertz CT molecular complexity index is 326. The molecule has 0 spiro atoms. The topological polar surface area (TPSA) is 50.9 Å². The molecule has 3 nitrogen and oxygen atoms in total. The summed E-state index contributed by atoms with van der Waals surface area (Å²) in [6, 6.07) is 4.24. The highest BCUT2D eigenvalue weighted by Gasteiger charge is 2.11. The second-order valence-electron chi connectivity index (χ2n) is 3.99. The van der Waals surface area contributed by atoms with Crippen LogP contribution in [-0.4, -0.2) is 17.6 Å². The highest BCUT2D eigenvalue weighted by molar-refractivity contribution is 9.10. The summed E-state index contributed by atoms with van der Waals surface area (Å²) >= 11 is 3.43. The summed E-state index contributed by atoms with van der Waals surface area (Å²) in [4.78, 5) is 4.43. The van der Waals surface area contributed by atoms with E-state index in [1.54, 1.807) is 0 Å². The minimum Gasteiger partial charge on any atom is -0.366 e. The monoisotopic (exact) mass is 271 g/mol. The normalized spacial score (nSPS) is 12.9. The van der Waals surface area contributed by atoms with Crippen molar-refractivity contribution in [2.75, 3.05) is 11.9 Å². The molecule has 0 aliphatic carbocycles. The van der Waals surface area contributed by atoms with Crippen molar-refractivity contribution in [3.63, 3.8) is 0 Å². The van der Waals surface area contributed by atoms with E-state index in [1.807, 2.05) is 19.1 Å². The van der Waals surface area contributed by atoms with Crippen LogP contribution < -0.4 is 11.1 Å². The van der Waals surface area contributed by atoms with Crippen LogP contribution >= 0.6 is 15.9 Å². The third kappa shape index (κ3) is 3.47. The molecule has 0 radical (unpaired) electrons. The van der Waals surface area contributed by atoms with Gasteiger partial charge < -0.3 is 11.1 Å². The molecule has 1 heterocycles. The molecule has 4 heteroatoms. The number of aromatic nitrogens is 1. The molecule has 15 heavy (non-hydrogen) atoms. The van der Waals surface area contributed by atoms with Gasteiger partial charge in [0.15, 0.2) is 0 Å². The molecule has 1 aromatic rings. The average Bonchev–Trinajstić information content (AvgIpc) is 2.19. The van der Waals surface area contributed by atoms with Crippen molar-refractivity contribution >= 4 is 21.7 Å². The lowest BCUT2D eigenvalue weighted by Gasteiger charge is -2.21. The van der Waals surface area contributed by atoms with Gasteiger partial charge in [-0.2, -0.15) is 0 Å². The second-order valence-corrected chi connectivity index (χ2v) is 4.85. The molecular formula is C11H18BrN3. The molecule has 0 saturated heterocycles. The van der Waals surface area contributed by atoms with E-state index in [4.69, 9.17) is 5.73 Å². The van der Waals surface area contributed by atoms with Gasteiger partial charge in [-0.3, -0.25) is 0 Å². The van der Waals surface area contributed by atoms with Gasteiger partial charge in [0.1, 0.15) is 5.82 Å². The number of halogens is 1. The SMILES string of the molecule is Cc1nc(NC(CN)C(C)C)ccc1Br. The van der Waals surface area contributed by atoms with Crippen molar-refractivity contribution in [3.8, 4) is 0 Å². The number of nitrogens with zero attached hydrogens (tertiary/aromatic N) is 1. The fraction of sp³-hybridized carbons (Fsp3) is 0.545. The quantitative estimate of drug-likeness (QED) is 0.885. The Kier molecular flexibility index (Phi) is 4.54. The smallest absolute Gasteiger partial charge is 0.126 e. The van der Waals surface area contributed by atoms with Gasteiger partial charge in [-0.05, 0) is 40.9 Å². The number of aryl methyl sites for hydroxylation is 1. The highest BCUT2D eigenvalue weighted by atomic mass is 79.9. The lowest BCUT2D eigenvalue weighted by molar-refractivity contribution is 0.530. The van der Waals surface area contributed by atoms with Crippen LogP contribution in [0.3, 0.4) is 0 Å². The first kappa shape index (κ1) is 12.5. The molecule has 0 aliphatic rings. The van der Waals surface area contributed by atoms with Crippen LogP contribution in [0.2, 0.25) is 0 Å². The van der Waals surface area contributed by atoms with Crippen molar-refractivity contribution in [2.24, 2.45) is 11.7 Å². The standard InChI is InChI=1S/C11H18BrN3/c1-7(2)10(6-13)15-11-5-4-9(12)8(3)14-11/h4-5,7,10H,6,13H2,1-3H3,(H,14,15). The largest absolute Gasteiger partial charge is 0.366 e. The molecule has 1 aromatic heterocycles. The molecule has 0 bridgehead atoms. The van der Waals surface area contributed by atoms with Crippen LogP contribution in [-0.2, 0) is 0 Å². The number of nitrogens with one attached hydrogen (secondary N) is 1. The second kappa shape index (κ2) is 5.47. The molecule has 1 atom stereocenters. The Labute approximate surface area is 99.6 Å². The van der Waals surface area contributed by atoms with Gasteiger partial charge >= 0.3 is 0 Å². The van der Waals surface area contributed by atoms with Crippen molar-refractivity contribution in [1.82, 2.24) is 4.98 Å². The van der Waals surface area contributed by atoms with Gasteiger partial charge in [0.2, 0.25) is 0 Å². The predicted octanol–water partition coefficient (Wildman–Crippen LogP) is 2.55. The lowest BCUT2D eigenvalue weighted by Crippen LogP contribution is -2.34. The van der Waals surface area contributed by atoms with E-state index in [9.17, 15) is 0 Å². The molecular weight excluding hydrogens is 254 g/mol. The zero-order chi connectivity index (χ0) is 11.4.